The van der Waals surface area contributed by atoms with Crippen molar-refractivity contribution in [2.24, 2.45) is 0 Å². The first-order chi connectivity index (χ1) is 14.2. The van der Waals surface area contributed by atoms with Crippen molar-refractivity contribution in [2.45, 2.75) is 47.0 Å². The fraction of sp³-hybridized carbons (Fsp3) is 0.259. The first kappa shape index (κ1) is 19.2. The second kappa shape index (κ2) is 6.61. The summed E-state index contributed by atoms with van der Waals surface area (Å²) in [5, 5.41) is 2.21. The lowest BCUT2D eigenvalue weighted by molar-refractivity contribution is 0.491. The third-order valence-electron chi connectivity index (χ3n) is 5.90. The molecule has 0 spiro atoms. The molecule has 1 aliphatic rings. The Morgan fingerprint density at radius 1 is 0.833 bits per heavy atom. The maximum absolute atomic E-state index is 6.39. The molecule has 2 heterocycles. The van der Waals surface area contributed by atoms with Crippen molar-refractivity contribution in [1.82, 2.24) is 0 Å². The average molecular weight is 414 g/mol. The van der Waals surface area contributed by atoms with Crippen molar-refractivity contribution >= 4 is 38.5 Å². The Balaban J connectivity index is 1.82. The molecule has 0 bridgehead atoms. The molecule has 0 saturated carbocycles. The molecule has 0 aliphatic carbocycles. The van der Waals surface area contributed by atoms with Crippen molar-refractivity contribution < 1.29 is 4.74 Å². The van der Waals surface area contributed by atoms with Crippen molar-refractivity contribution in [3.05, 3.63) is 76.9 Å². The molecule has 3 heteroatoms. The van der Waals surface area contributed by atoms with Gasteiger partial charge in [0, 0.05) is 10.1 Å². The van der Waals surface area contributed by atoms with Crippen molar-refractivity contribution in [3.63, 3.8) is 0 Å². The maximum atomic E-state index is 6.39. The van der Waals surface area contributed by atoms with Gasteiger partial charge in [-0.2, -0.15) is 0 Å². The standard InChI is InChI=1S/C27H27NOS/c1-16-11-12-20-23(13-16)30-26-25(20)28(21-9-7-8-10-22(21)29-26)24-17(2)14-19(15-18(24)3)27(4,5)6/h7-15H,1-6H3. The van der Waals surface area contributed by atoms with Gasteiger partial charge in [0.05, 0.1) is 11.4 Å². The lowest BCUT2D eigenvalue weighted by Gasteiger charge is -2.34. The van der Waals surface area contributed by atoms with Gasteiger partial charge < -0.3 is 9.64 Å². The van der Waals surface area contributed by atoms with Crippen LogP contribution in [0, 0.1) is 20.8 Å². The molecule has 3 aromatic carbocycles. The molecule has 2 nitrogen and oxygen atoms in total. The zero-order valence-electron chi connectivity index (χ0n) is 18.5. The van der Waals surface area contributed by atoms with E-state index in [9.17, 15) is 0 Å². The van der Waals surface area contributed by atoms with Crippen LogP contribution in [0.25, 0.3) is 10.1 Å². The number of anilines is 3. The summed E-state index contributed by atoms with van der Waals surface area (Å²) in [6.45, 7) is 13.4. The van der Waals surface area contributed by atoms with Crippen molar-refractivity contribution in [2.75, 3.05) is 4.90 Å². The van der Waals surface area contributed by atoms with E-state index in [1.54, 1.807) is 11.3 Å². The summed E-state index contributed by atoms with van der Waals surface area (Å²) in [6.07, 6.45) is 0. The van der Waals surface area contributed by atoms with Gasteiger partial charge in [-0.3, -0.25) is 0 Å². The summed E-state index contributed by atoms with van der Waals surface area (Å²) in [7, 11) is 0. The fourth-order valence-corrected chi connectivity index (χ4v) is 5.52. The number of hydrogen-bond acceptors (Lipinski definition) is 3. The average Bonchev–Trinajstić information content (AvgIpc) is 3.02. The SMILES string of the molecule is Cc1ccc2c3c(sc2c1)Oc1ccccc1N3c1c(C)cc(C(C)(C)C)cc1C. The number of rotatable bonds is 1. The predicted octanol–water partition coefficient (Wildman–Crippen LogP) is 8.70. The molecular formula is C27H27NOS. The summed E-state index contributed by atoms with van der Waals surface area (Å²) in [6, 6.07) is 19.7. The van der Waals surface area contributed by atoms with Crippen LogP contribution in [0.1, 0.15) is 43.0 Å². The Bertz CT molecular complexity index is 1270. The van der Waals surface area contributed by atoms with Gasteiger partial charge >= 0.3 is 0 Å². The normalized spacial score (nSPS) is 13.2. The highest BCUT2D eigenvalue weighted by Crippen LogP contribution is 2.58. The predicted molar refractivity (Wildman–Crippen MR) is 129 cm³/mol. The highest BCUT2D eigenvalue weighted by Gasteiger charge is 2.32. The van der Waals surface area contributed by atoms with E-state index in [0.29, 0.717) is 0 Å². The molecule has 1 aromatic heterocycles. The molecule has 0 atom stereocenters. The van der Waals surface area contributed by atoms with Crippen LogP contribution in [0.15, 0.2) is 54.6 Å². The molecule has 0 N–H and O–H groups in total. The summed E-state index contributed by atoms with van der Waals surface area (Å²) in [5.41, 5.74) is 8.84. The van der Waals surface area contributed by atoms with Crippen LogP contribution in [0.4, 0.5) is 17.1 Å². The topological polar surface area (TPSA) is 12.5 Å². The Kier molecular flexibility index (Phi) is 4.23. The zero-order valence-corrected chi connectivity index (χ0v) is 19.3. The highest BCUT2D eigenvalue weighted by atomic mass is 32.1. The van der Waals surface area contributed by atoms with Crippen LogP contribution in [-0.2, 0) is 5.41 Å². The van der Waals surface area contributed by atoms with Gasteiger partial charge in [0.2, 0.25) is 5.06 Å². The number of fused-ring (bicyclic) bond motifs is 4. The van der Waals surface area contributed by atoms with Gasteiger partial charge in [-0.15, -0.1) is 0 Å². The first-order valence-electron chi connectivity index (χ1n) is 10.5. The number of ether oxygens (including phenoxy) is 1. The van der Waals surface area contributed by atoms with E-state index in [1.165, 1.54) is 38.0 Å². The largest absolute Gasteiger partial charge is 0.442 e. The van der Waals surface area contributed by atoms with E-state index < -0.39 is 0 Å². The quantitative estimate of drug-likeness (QED) is 0.272. The number of hydrogen-bond donors (Lipinski definition) is 0. The number of aryl methyl sites for hydroxylation is 3. The second-order valence-electron chi connectivity index (χ2n) is 9.35. The van der Waals surface area contributed by atoms with Gasteiger partial charge in [0.25, 0.3) is 0 Å². The lowest BCUT2D eigenvalue weighted by atomic mass is 9.84. The van der Waals surface area contributed by atoms with Crippen LogP contribution < -0.4 is 9.64 Å². The molecule has 5 rings (SSSR count). The third-order valence-corrected chi connectivity index (χ3v) is 6.92. The molecule has 30 heavy (non-hydrogen) atoms. The molecule has 1 aliphatic heterocycles. The maximum Gasteiger partial charge on any atom is 0.206 e. The fourth-order valence-electron chi connectivity index (χ4n) is 4.37. The monoisotopic (exact) mass is 413 g/mol. The minimum atomic E-state index is 0.120. The van der Waals surface area contributed by atoms with Crippen LogP contribution in [0.3, 0.4) is 0 Å². The molecule has 4 aromatic rings. The van der Waals surface area contributed by atoms with Gasteiger partial charge in [0.1, 0.15) is 5.69 Å². The van der Waals surface area contributed by atoms with Crippen LogP contribution in [-0.4, -0.2) is 0 Å². The first-order valence-corrected chi connectivity index (χ1v) is 11.3. The van der Waals surface area contributed by atoms with E-state index in [4.69, 9.17) is 4.74 Å². The Morgan fingerprint density at radius 2 is 1.53 bits per heavy atom. The van der Waals surface area contributed by atoms with E-state index in [-0.39, 0.29) is 5.41 Å². The molecule has 0 radical (unpaired) electrons. The van der Waals surface area contributed by atoms with Gasteiger partial charge in [0.15, 0.2) is 5.75 Å². The van der Waals surface area contributed by atoms with Gasteiger partial charge in [-0.1, -0.05) is 68.5 Å². The van der Waals surface area contributed by atoms with Gasteiger partial charge in [-0.05, 0) is 66.6 Å². The molecule has 0 amide bonds. The van der Waals surface area contributed by atoms with E-state index >= 15 is 0 Å². The number of para-hydroxylation sites is 2. The molecule has 0 unspecified atom stereocenters. The van der Waals surface area contributed by atoms with Crippen LogP contribution >= 0.6 is 11.3 Å². The van der Waals surface area contributed by atoms with E-state index in [1.807, 2.05) is 6.07 Å². The smallest absolute Gasteiger partial charge is 0.206 e. The summed E-state index contributed by atoms with van der Waals surface area (Å²) in [5.74, 6) is 0.909. The Morgan fingerprint density at radius 3 is 2.23 bits per heavy atom. The number of benzene rings is 3. The molecule has 152 valence electrons. The summed E-state index contributed by atoms with van der Waals surface area (Å²) in [4.78, 5) is 2.42. The highest BCUT2D eigenvalue weighted by molar-refractivity contribution is 7.21. The molecule has 0 fully saturated rings. The number of thiophene rings is 1. The number of nitrogens with zero attached hydrogens (tertiary/aromatic N) is 1. The summed E-state index contributed by atoms with van der Waals surface area (Å²) < 4.78 is 7.65. The van der Waals surface area contributed by atoms with Crippen molar-refractivity contribution in [1.29, 1.82) is 0 Å². The Labute approximate surface area is 182 Å². The molecular weight excluding hydrogens is 386 g/mol. The Hall–Kier alpha value is -2.78. The minimum Gasteiger partial charge on any atom is -0.442 e. The third kappa shape index (κ3) is 2.92. The van der Waals surface area contributed by atoms with Crippen LogP contribution in [0.5, 0.6) is 10.8 Å². The molecule has 0 saturated heterocycles. The summed E-state index contributed by atoms with van der Waals surface area (Å²) >= 11 is 1.73. The van der Waals surface area contributed by atoms with E-state index in [0.717, 1.165) is 22.2 Å². The van der Waals surface area contributed by atoms with Gasteiger partial charge in [-0.25, -0.2) is 0 Å². The zero-order chi connectivity index (χ0) is 21.2. The van der Waals surface area contributed by atoms with Crippen molar-refractivity contribution in [3.8, 4) is 10.8 Å². The lowest BCUT2D eigenvalue weighted by Crippen LogP contribution is -2.18. The van der Waals surface area contributed by atoms with Crippen LogP contribution in [0.2, 0.25) is 0 Å². The second-order valence-corrected chi connectivity index (χ2v) is 10.4. The van der Waals surface area contributed by atoms with E-state index in [2.05, 4.69) is 95.0 Å². The minimum absolute atomic E-state index is 0.120.